The van der Waals surface area contributed by atoms with E-state index in [2.05, 4.69) is 152 Å². The molecular formula is C46H48N4OPt. The molecule has 6 heteroatoms. The molecule has 0 radical (unpaired) electrons. The van der Waals surface area contributed by atoms with Crippen LogP contribution in [0.15, 0.2) is 91.1 Å². The van der Waals surface area contributed by atoms with E-state index in [1.54, 1.807) is 0 Å². The van der Waals surface area contributed by atoms with Crippen molar-refractivity contribution in [2.45, 2.75) is 92.4 Å². The maximum atomic E-state index is 6.70. The van der Waals surface area contributed by atoms with Crippen LogP contribution < -0.4 is 4.74 Å². The molecule has 0 amide bonds. The van der Waals surface area contributed by atoms with Gasteiger partial charge in [0.05, 0.1) is 5.69 Å². The maximum Gasteiger partial charge on any atom is 2.00 e. The molecule has 5 nitrogen and oxygen atoms in total. The number of aryl methyl sites for hydroxylation is 2. The van der Waals surface area contributed by atoms with Gasteiger partial charge in [0.15, 0.2) is 0 Å². The van der Waals surface area contributed by atoms with Crippen LogP contribution in [0.5, 0.6) is 11.5 Å². The molecule has 0 saturated carbocycles. The molecular weight excluding hydrogens is 820 g/mol. The van der Waals surface area contributed by atoms with Crippen LogP contribution in [0.1, 0.15) is 89.4 Å². The Morgan fingerprint density at radius 2 is 1.50 bits per heavy atom. The molecule has 0 atom stereocenters. The van der Waals surface area contributed by atoms with Crippen LogP contribution in [0.25, 0.3) is 44.4 Å². The van der Waals surface area contributed by atoms with Crippen molar-refractivity contribution < 1.29 is 25.8 Å². The van der Waals surface area contributed by atoms with Gasteiger partial charge in [-0.2, -0.15) is 11.2 Å². The summed E-state index contributed by atoms with van der Waals surface area (Å²) in [5.74, 6) is 2.12. The molecule has 0 bridgehead atoms. The van der Waals surface area contributed by atoms with Crippen LogP contribution in [0, 0.1) is 26.0 Å². The number of nitrogens with zero attached hydrogens (tertiary/aromatic N) is 4. The smallest absolute Gasteiger partial charge is 0.509 e. The van der Waals surface area contributed by atoms with Crippen LogP contribution in [-0.2, 0) is 38.3 Å². The van der Waals surface area contributed by atoms with E-state index in [9.17, 15) is 0 Å². The fraction of sp³-hybridized carbons (Fsp3) is 0.304. The maximum absolute atomic E-state index is 6.70. The van der Waals surface area contributed by atoms with E-state index >= 15 is 0 Å². The summed E-state index contributed by atoms with van der Waals surface area (Å²) in [5.41, 5.74) is 10.8. The van der Waals surface area contributed by atoms with Crippen molar-refractivity contribution >= 4 is 21.8 Å². The zero-order chi connectivity index (χ0) is 36.1. The van der Waals surface area contributed by atoms with E-state index in [-0.39, 0.29) is 31.9 Å². The normalized spacial score (nSPS) is 12.0. The van der Waals surface area contributed by atoms with E-state index in [4.69, 9.17) is 14.8 Å². The summed E-state index contributed by atoms with van der Waals surface area (Å²) in [5, 5.41) is 7.33. The molecule has 268 valence electrons. The number of hydrogen-bond donors (Lipinski definition) is 0. The number of ether oxygens (including phenoxy) is 1. The van der Waals surface area contributed by atoms with Crippen LogP contribution in [0.4, 0.5) is 0 Å². The molecule has 7 rings (SSSR count). The summed E-state index contributed by atoms with van der Waals surface area (Å²) >= 11 is 0. The first kappa shape index (κ1) is 37.3. The Morgan fingerprint density at radius 1 is 0.750 bits per heavy atom. The average Bonchev–Trinajstić information content (AvgIpc) is 3.58. The minimum Gasteiger partial charge on any atom is -0.509 e. The molecule has 0 aliphatic rings. The molecule has 0 aliphatic heterocycles. The molecule has 3 heterocycles. The second-order valence-corrected chi connectivity index (χ2v) is 15.8. The van der Waals surface area contributed by atoms with Crippen molar-refractivity contribution in [3.05, 3.63) is 131 Å². The van der Waals surface area contributed by atoms with Crippen molar-refractivity contribution in [1.82, 2.24) is 19.3 Å². The first-order valence-electron chi connectivity index (χ1n) is 18.2. The Labute approximate surface area is 323 Å². The zero-order valence-corrected chi connectivity index (χ0v) is 34.1. The van der Waals surface area contributed by atoms with Crippen molar-refractivity contribution in [1.29, 1.82) is 0 Å². The van der Waals surface area contributed by atoms with Gasteiger partial charge >= 0.3 is 21.1 Å². The van der Waals surface area contributed by atoms with Gasteiger partial charge in [0, 0.05) is 34.5 Å². The topological polar surface area (TPSA) is 44.9 Å². The first-order chi connectivity index (χ1) is 24.3. The van der Waals surface area contributed by atoms with Gasteiger partial charge in [-0.25, -0.2) is 4.98 Å². The molecule has 0 unspecified atom stereocenters. The van der Waals surface area contributed by atoms with E-state index < -0.39 is 0 Å². The number of aromatic nitrogens is 4. The minimum absolute atomic E-state index is 0. The Kier molecular flexibility index (Phi) is 10.4. The van der Waals surface area contributed by atoms with Crippen molar-refractivity contribution in [3.8, 4) is 34.1 Å². The number of fused-ring (bicyclic) bond motifs is 3. The molecule has 7 aromatic rings. The summed E-state index contributed by atoms with van der Waals surface area (Å²) < 4.78 is 10.9. The first-order valence-corrected chi connectivity index (χ1v) is 18.2. The third-order valence-corrected chi connectivity index (χ3v) is 9.87. The van der Waals surface area contributed by atoms with Gasteiger partial charge in [0.1, 0.15) is 5.82 Å². The summed E-state index contributed by atoms with van der Waals surface area (Å²) in [4.78, 5) is 4.89. The number of benzene rings is 4. The molecule has 0 aliphatic carbocycles. The van der Waals surface area contributed by atoms with E-state index in [1.165, 1.54) is 29.4 Å². The summed E-state index contributed by atoms with van der Waals surface area (Å²) in [6.45, 7) is 19.8. The quantitative estimate of drug-likeness (QED) is 0.143. The number of rotatable bonds is 8. The molecule has 3 aromatic heterocycles. The van der Waals surface area contributed by atoms with Crippen molar-refractivity contribution in [2.24, 2.45) is 0 Å². The number of pyridine rings is 1. The van der Waals surface area contributed by atoms with E-state index in [0.717, 1.165) is 62.4 Å². The second kappa shape index (κ2) is 14.5. The Bertz CT molecular complexity index is 2370. The average molecular weight is 868 g/mol. The summed E-state index contributed by atoms with van der Waals surface area (Å²) in [6, 6.07) is 37.3. The molecule has 0 N–H and O–H groups in total. The van der Waals surface area contributed by atoms with Gasteiger partial charge in [-0.05, 0) is 83.5 Å². The zero-order valence-electron chi connectivity index (χ0n) is 31.8. The fourth-order valence-electron chi connectivity index (χ4n) is 6.96. The SMILES string of the molecule is CCCCc1ccc2c(c1)c1ccc(Oc3[c-]c(-n4nc(C)c(-c5ccccc5)c4C)cc(C(C)(C)C)c3)[c-]c1n2-c1cc(C(C)(C)C)ccn1.[Pt+2]. The third kappa shape index (κ3) is 7.26. The second-order valence-electron chi connectivity index (χ2n) is 15.8. The van der Waals surface area contributed by atoms with Gasteiger partial charge in [-0.3, -0.25) is 4.68 Å². The van der Waals surface area contributed by atoms with E-state index in [0.29, 0.717) is 11.5 Å². The third-order valence-electron chi connectivity index (χ3n) is 9.87. The number of hydrogen-bond acceptors (Lipinski definition) is 3. The summed E-state index contributed by atoms with van der Waals surface area (Å²) in [6.07, 6.45) is 5.31. The van der Waals surface area contributed by atoms with Gasteiger partial charge < -0.3 is 9.30 Å². The Balaban J connectivity index is 0.00000464. The summed E-state index contributed by atoms with van der Waals surface area (Å²) in [7, 11) is 0. The molecule has 0 fully saturated rings. The molecule has 0 spiro atoms. The van der Waals surface area contributed by atoms with Gasteiger partial charge in [0.25, 0.3) is 0 Å². The van der Waals surface area contributed by atoms with Crippen LogP contribution in [0.2, 0.25) is 0 Å². The monoisotopic (exact) mass is 867 g/mol. The fourth-order valence-corrected chi connectivity index (χ4v) is 6.96. The Hall–Kier alpha value is -4.47. The predicted octanol–water partition coefficient (Wildman–Crippen LogP) is 12.0. The molecule has 52 heavy (non-hydrogen) atoms. The van der Waals surface area contributed by atoms with Crippen LogP contribution in [-0.4, -0.2) is 19.3 Å². The van der Waals surface area contributed by atoms with E-state index in [1.807, 2.05) is 23.0 Å². The number of unbranched alkanes of at least 4 members (excludes halogenated alkanes) is 1. The minimum atomic E-state index is -0.125. The van der Waals surface area contributed by atoms with Gasteiger partial charge in [0.2, 0.25) is 0 Å². The van der Waals surface area contributed by atoms with Gasteiger partial charge in [-0.15, -0.1) is 41.3 Å². The predicted molar refractivity (Wildman–Crippen MR) is 211 cm³/mol. The Morgan fingerprint density at radius 3 is 2.21 bits per heavy atom. The van der Waals surface area contributed by atoms with Crippen molar-refractivity contribution in [3.63, 3.8) is 0 Å². The molecule has 4 aromatic carbocycles. The van der Waals surface area contributed by atoms with Gasteiger partial charge in [-0.1, -0.05) is 103 Å². The largest absolute Gasteiger partial charge is 2.00 e. The van der Waals surface area contributed by atoms with Crippen molar-refractivity contribution in [2.75, 3.05) is 0 Å². The molecule has 0 saturated heterocycles. The standard InChI is InChI=1S/C46H48N4O.Pt/c1-10-11-15-32-18-21-41-40(24-32)39-20-19-37(29-42(39)49(41)43-27-34(22-23-47-43)45(4,5)6)51-38-26-35(46(7,8)9)25-36(28-38)50-31(3)44(30(2)48-50)33-16-13-12-14-17-33;/h12-14,16-27H,10-11,15H2,1-9H3;/q-2;+2. The van der Waals surface area contributed by atoms with Crippen LogP contribution >= 0.6 is 0 Å². The van der Waals surface area contributed by atoms with Crippen LogP contribution in [0.3, 0.4) is 0 Å².